The van der Waals surface area contributed by atoms with Crippen molar-refractivity contribution in [3.05, 3.63) is 59.7 Å². The van der Waals surface area contributed by atoms with Gasteiger partial charge in [-0.2, -0.15) is 5.10 Å². The Morgan fingerprint density at radius 1 is 0.830 bits per heavy atom. The van der Waals surface area contributed by atoms with Crippen LogP contribution in [0.5, 0.6) is 0 Å². The van der Waals surface area contributed by atoms with Gasteiger partial charge in [0.05, 0.1) is 6.04 Å². The molecular weight excluding hydrogens is 606 g/mol. The van der Waals surface area contributed by atoms with E-state index in [1.165, 1.54) is 13.3 Å². The molecular formula is C33H45N7O7. The van der Waals surface area contributed by atoms with E-state index in [9.17, 15) is 19.2 Å². The molecule has 47 heavy (non-hydrogen) atoms. The Hall–Kier alpha value is -5.14. The highest BCUT2D eigenvalue weighted by Crippen LogP contribution is 2.44. The second-order valence-electron chi connectivity index (χ2n) is 12.7. The molecule has 0 heterocycles. The van der Waals surface area contributed by atoms with Gasteiger partial charge in [0, 0.05) is 25.7 Å². The molecule has 2 aromatic carbocycles. The molecule has 0 spiro atoms. The first-order chi connectivity index (χ1) is 22.1. The summed E-state index contributed by atoms with van der Waals surface area (Å²) in [5.74, 6) is -0.276. The molecule has 0 radical (unpaired) electrons. The van der Waals surface area contributed by atoms with E-state index < -0.39 is 41.6 Å². The number of hydrogen-bond acceptors (Lipinski definition) is 9. The topological polar surface area (TPSA) is 181 Å². The molecule has 5 amide bonds. The monoisotopic (exact) mass is 651 g/mol. The minimum Gasteiger partial charge on any atom is -0.449 e. The van der Waals surface area contributed by atoms with E-state index in [1.54, 1.807) is 41.5 Å². The van der Waals surface area contributed by atoms with Gasteiger partial charge in [-0.25, -0.2) is 24.6 Å². The maximum absolute atomic E-state index is 13.0. The minimum atomic E-state index is -0.811. The largest absolute Gasteiger partial charge is 0.449 e. The van der Waals surface area contributed by atoms with Gasteiger partial charge < -0.3 is 24.8 Å². The zero-order valence-electron chi connectivity index (χ0n) is 27.9. The van der Waals surface area contributed by atoms with Gasteiger partial charge in [-0.05, 0) is 76.6 Å². The highest BCUT2D eigenvalue weighted by atomic mass is 16.6. The molecule has 1 aliphatic rings. The lowest BCUT2D eigenvalue weighted by molar-refractivity contribution is 0.0544. The molecule has 2 aromatic rings. The van der Waals surface area contributed by atoms with Gasteiger partial charge in [-0.3, -0.25) is 15.6 Å². The summed E-state index contributed by atoms with van der Waals surface area (Å²) >= 11 is 0. The summed E-state index contributed by atoms with van der Waals surface area (Å²) in [4.78, 5) is 53.6. The third-order valence-corrected chi connectivity index (χ3v) is 6.48. The van der Waals surface area contributed by atoms with Crippen molar-refractivity contribution in [2.45, 2.75) is 77.5 Å². The lowest BCUT2D eigenvalue weighted by atomic mass is 9.98. The molecule has 0 saturated carbocycles. The summed E-state index contributed by atoms with van der Waals surface area (Å²) in [5.41, 5.74) is 5.15. The van der Waals surface area contributed by atoms with E-state index in [1.807, 2.05) is 36.4 Å². The van der Waals surface area contributed by atoms with Crippen molar-refractivity contribution in [2.24, 2.45) is 10.1 Å². The van der Waals surface area contributed by atoms with Crippen molar-refractivity contribution >= 4 is 36.5 Å². The Labute approximate surface area is 275 Å². The van der Waals surface area contributed by atoms with Crippen LogP contribution in [-0.4, -0.2) is 73.9 Å². The molecule has 1 aliphatic carbocycles. The van der Waals surface area contributed by atoms with Crippen molar-refractivity contribution in [3.63, 3.8) is 0 Å². The van der Waals surface area contributed by atoms with Crippen LogP contribution in [0.4, 0.5) is 19.2 Å². The number of nitrogens with zero attached hydrogens (tertiary/aromatic N) is 2. The van der Waals surface area contributed by atoms with Crippen molar-refractivity contribution < 1.29 is 33.4 Å². The number of rotatable bonds is 9. The van der Waals surface area contributed by atoms with Gasteiger partial charge in [0.25, 0.3) is 0 Å². The van der Waals surface area contributed by atoms with Gasteiger partial charge in [-0.15, -0.1) is 0 Å². The van der Waals surface area contributed by atoms with Crippen LogP contribution in [0.15, 0.2) is 58.6 Å². The number of amides is 5. The number of nitrogens with one attached hydrogen (secondary N) is 5. The summed E-state index contributed by atoms with van der Waals surface area (Å²) in [6, 6.07) is 14.9. The second kappa shape index (κ2) is 16.4. The Kier molecular flexibility index (Phi) is 12.7. The fourth-order valence-electron chi connectivity index (χ4n) is 4.63. The zero-order chi connectivity index (χ0) is 34.6. The SMILES string of the molecule is CNC(=O)N/N=C\C(CCCN=C(NC(=O)OC(C)(C)C)NC(=O)OC(C)(C)C)NC(=O)OCC1c2ccccc2-c2ccccc21. The standard InChI is InChI=1S/C33H45N7O7/c1-32(2,3)46-30(43)38-27(39-31(44)47-33(4,5)6)35-18-12-13-21(19-36-40-28(41)34-7)37-29(42)45-20-26-24-16-10-8-14-22(24)23-15-9-11-17-25(23)26/h8-11,14-17,19,21,26H,12-13,18,20H2,1-7H3,(H,37,42)(H2,34,40,41)(H2,35,38,39,43,44)/b36-19-. The van der Waals surface area contributed by atoms with E-state index in [0.29, 0.717) is 12.8 Å². The van der Waals surface area contributed by atoms with E-state index in [2.05, 4.69) is 48.9 Å². The minimum absolute atomic E-state index is 0.113. The van der Waals surface area contributed by atoms with Gasteiger partial charge in [0.1, 0.15) is 17.8 Å². The number of guanidine groups is 1. The second-order valence-corrected chi connectivity index (χ2v) is 12.7. The number of ether oxygens (including phenoxy) is 3. The Bertz CT molecular complexity index is 1400. The Morgan fingerprint density at radius 3 is 1.87 bits per heavy atom. The Morgan fingerprint density at radius 2 is 1.36 bits per heavy atom. The van der Waals surface area contributed by atoms with E-state index in [-0.39, 0.29) is 25.0 Å². The third kappa shape index (κ3) is 12.3. The maximum Gasteiger partial charge on any atom is 0.414 e. The van der Waals surface area contributed by atoms with Crippen LogP contribution >= 0.6 is 0 Å². The number of carbonyl (C=O) groups excluding carboxylic acids is 4. The van der Waals surface area contributed by atoms with Crippen LogP contribution in [0.25, 0.3) is 11.1 Å². The van der Waals surface area contributed by atoms with Crippen molar-refractivity contribution in [3.8, 4) is 11.1 Å². The van der Waals surface area contributed by atoms with E-state index >= 15 is 0 Å². The van der Waals surface area contributed by atoms with Crippen molar-refractivity contribution in [1.29, 1.82) is 0 Å². The number of alkyl carbamates (subject to hydrolysis) is 3. The summed E-state index contributed by atoms with van der Waals surface area (Å²) in [6.45, 7) is 10.5. The molecule has 14 heteroatoms. The zero-order valence-corrected chi connectivity index (χ0v) is 27.9. The maximum atomic E-state index is 13.0. The summed E-state index contributed by atoms with van der Waals surface area (Å²) in [7, 11) is 1.45. The molecule has 0 saturated heterocycles. The summed E-state index contributed by atoms with van der Waals surface area (Å²) in [5, 5.41) is 13.9. The first kappa shape index (κ1) is 36.3. The van der Waals surface area contributed by atoms with Gasteiger partial charge in [0.2, 0.25) is 5.96 Å². The molecule has 254 valence electrons. The molecule has 0 bridgehead atoms. The number of benzene rings is 2. The number of hydrogen-bond donors (Lipinski definition) is 5. The van der Waals surface area contributed by atoms with Crippen LogP contribution in [0.1, 0.15) is 71.4 Å². The average molecular weight is 652 g/mol. The molecule has 3 rings (SSSR count). The van der Waals surface area contributed by atoms with Crippen LogP contribution in [-0.2, 0) is 14.2 Å². The number of urea groups is 1. The van der Waals surface area contributed by atoms with Crippen LogP contribution < -0.4 is 26.7 Å². The van der Waals surface area contributed by atoms with E-state index in [0.717, 1.165) is 22.3 Å². The van der Waals surface area contributed by atoms with Gasteiger partial charge in [-0.1, -0.05) is 48.5 Å². The Balaban J connectivity index is 1.65. The van der Waals surface area contributed by atoms with Crippen molar-refractivity contribution in [1.82, 2.24) is 26.7 Å². The lowest BCUT2D eigenvalue weighted by Crippen LogP contribution is -2.47. The number of fused-ring (bicyclic) bond motifs is 3. The van der Waals surface area contributed by atoms with Crippen molar-refractivity contribution in [2.75, 3.05) is 20.2 Å². The summed E-state index contributed by atoms with van der Waals surface area (Å²) < 4.78 is 16.2. The quantitative estimate of drug-likeness (QED) is 0.0832. The number of aliphatic imine (C=N–C) groups is 1. The molecule has 1 atom stereocenters. The molecule has 0 aliphatic heterocycles. The van der Waals surface area contributed by atoms with Crippen LogP contribution in [0, 0.1) is 0 Å². The number of hydrazone groups is 1. The fraction of sp³-hybridized carbons (Fsp3) is 0.455. The highest BCUT2D eigenvalue weighted by Gasteiger charge is 2.29. The molecule has 14 nitrogen and oxygen atoms in total. The molecule has 0 aromatic heterocycles. The van der Waals surface area contributed by atoms with Gasteiger partial charge >= 0.3 is 24.3 Å². The first-order valence-corrected chi connectivity index (χ1v) is 15.3. The molecule has 1 unspecified atom stereocenters. The lowest BCUT2D eigenvalue weighted by Gasteiger charge is -2.22. The number of carbonyl (C=O) groups is 4. The summed E-state index contributed by atoms with van der Waals surface area (Å²) in [6.07, 6.45) is -0.219. The first-order valence-electron chi connectivity index (χ1n) is 15.3. The highest BCUT2D eigenvalue weighted by molar-refractivity contribution is 6.01. The normalized spacial score (nSPS) is 13.0. The third-order valence-electron chi connectivity index (χ3n) is 6.48. The fourth-order valence-corrected chi connectivity index (χ4v) is 4.63. The molecule has 0 fully saturated rings. The van der Waals surface area contributed by atoms with Gasteiger partial charge in [0.15, 0.2) is 0 Å². The predicted molar refractivity (Wildman–Crippen MR) is 178 cm³/mol. The smallest absolute Gasteiger partial charge is 0.414 e. The van der Waals surface area contributed by atoms with Crippen LogP contribution in [0.2, 0.25) is 0 Å². The van der Waals surface area contributed by atoms with E-state index in [4.69, 9.17) is 14.2 Å². The molecule has 5 N–H and O–H groups in total. The average Bonchev–Trinajstić information content (AvgIpc) is 3.29. The predicted octanol–water partition coefficient (Wildman–Crippen LogP) is 4.99. The van der Waals surface area contributed by atoms with Crippen LogP contribution in [0.3, 0.4) is 0 Å².